The van der Waals surface area contributed by atoms with Gasteiger partial charge in [-0.1, -0.05) is 12.7 Å². The minimum Gasteiger partial charge on any atom is -0.365 e. The fourth-order valence-electron chi connectivity index (χ4n) is 4.53. The first-order valence-corrected chi connectivity index (χ1v) is 12.6. The van der Waals surface area contributed by atoms with Crippen LogP contribution in [0.3, 0.4) is 0 Å². The molecule has 1 atom stereocenters. The number of rotatable bonds is 10. The van der Waals surface area contributed by atoms with Crippen molar-refractivity contribution in [3.8, 4) is 0 Å². The van der Waals surface area contributed by atoms with Gasteiger partial charge >= 0.3 is 0 Å². The molecule has 10 nitrogen and oxygen atoms in total. The summed E-state index contributed by atoms with van der Waals surface area (Å²) in [6.45, 7) is 8.91. The normalized spacial score (nSPS) is 15.4. The predicted molar refractivity (Wildman–Crippen MR) is 152 cm³/mol. The van der Waals surface area contributed by atoms with Crippen molar-refractivity contribution in [2.45, 2.75) is 45.7 Å². The second-order valence-corrected chi connectivity index (χ2v) is 9.52. The van der Waals surface area contributed by atoms with Crippen molar-refractivity contribution in [3.05, 3.63) is 65.4 Å². The zero-order valence-corrected chi connectivity index (χ0v) is 22.2. The summed E-state index contributed by atoms with van der Waals surface area (Å²) in [5, 5.41) is 12.6. The molecule has 0 bridgehead atoms. The first-order valence-electron chi connectivity index (χ1n) is 12.6. The van der Waals surface area contributed by atoms with Crippen LogP contribution in [0.4, 0.5) is 26.0 Å². The molecule has 0 saturated carbocycles. The van der Waals surface area contributed by atoms with Crippen molar-refractivity contribution in [1.29, 1.82) is 0 Å². The molecule has 3 N–H and O–H groups in total. The number of amides is 2. The van der Waals surface area contributed by atoms with E-state index in [1.165, 1.54) is 25.5 Å². The van der Waals surface area contributed by atoms with Crippen LogP contribution in [-0.4, -0.2) is 55.6 Å². The molecule has 39 heavy (non-hydrogen) atoms. The van der Waals surface area contributed by atoms with E-state index in [1.807, 2.05) is 0 Å². The highest BCUT2D eigenvalue weighted by Crippen LogP contribution is 2.25. The van der Waals surface area contributed by atoms with E-state index in [-0.39, 0.29) is 28.0 Å². The van der Waals surface area contributed by atoms with E-state index in [1.54, 1.807) is 25.3 Å². The Balaban J connectivity index is 0.00000294. The fraction of sp³-hybridized carbons (Fsp3) is 0.370. The lowest BCUT2D eigenvalue weighted by Gasteiger charge is -2.20. The van der Waals surface area contributed by atoms with Crippen molar-refractivity contribution in [2.75, 3.05) is 29.0 Å². The van der Waals surface area contributed by atoms with Crippen LogP contribution in [0.15, 0.2) is 37.3 Å². The van der Waals surface area contributed by atoms with Gasteiger partial charge in [-0.25, -0.2) is 13.8 Å². The number of hydrogen-bond donors (Lipinski definition) is 3. The lowest BCUT2D eigenvalue weighted by Crippen LogP contribution is -2.35. The molecule has 212 valence electrons. The summed E-state index contributed by atoms with van der Waals surface area (Å²) in [6, 6.07) is 3.64. The Morgan fingerprint density at radius 2 is 2.03 bits per heavy atom. The van der Waals surface area contributed by atoms with Crippen LogP contribution in [0, 0.1) is 6.92 Å². The number of alkyl halides is 2. The number of nitrogens with one attached hydrogen (secondary N) is 3. The number of anilines is 3. The van der Waals surface area contributed by atoms with Crippen molar-refractivity contribution < 1.29 is 22.6 Å². The van der Waals surface area contributed by atoms with Gasteiger partial charge in [-0.2, -0.15) is 5.10 Å². The Morgan fingerprint density at radius 1 is 1.23 bits per heavy atom. The molecule has 0 aromatic carbocycles. The maximum Gasteiger partial charge on any atom is 0.280 e. The molecule has 1 aliphatic heterocycles. The molecule has 1 saturated heterocycles. The molecular formula is C27H38F2N8O2. The molecule has 0 aliphatic carbocycles. The summed E-state index contributed by atoms with van der Waals surface area (Å²) in [4.78, 5) is 36.3. The Morgan fingerprint density at radius 3 is 2.72 bits per heavy atom. The molecule has 0 unspecified atom stereocenters. The zero-order chi connectivity index (χ0) is 28.1. The topological polar surface area (TPSA) is 117 Å². The standard InChI is InChI=1S/C27H32F2N8O2.3H2/c1-5-18-9-19(11-31-26(18)32-12-20-13-33-36(4)24(20)25(28)29)27(39)35-22-10-21(14-30-17(22)3)34-23(38)15-37-8-6-7-16(37)2;;;/h5,9-11,13-14,16,25H,1,6-8,12,15H2,2-4H3,(H,31,32)(H,34,38)(H,35,39);3*1H/t16-;;;/m0.../s1. The van der Waals surface area contributed by atoms with Gasteiger partial charge < -0.3 is 16.0 Å². The van der Waals surface area contributed by atoms with Crippen LogP contribution in [0.25, 0.3) is 6.08 Å². The van der Waals surface area contributed by atoms with Gasteiger partial charge in [0.15, 0.2) is 0 Å². The number of aryl methyl sites for hydroxylation is 2. The SMILES string of the molecule is C=Cc1cc(C(=O)Nc2cc(NC(=O)CN3CCC[C@@H]3C)cnc2C)cnc1NCc1cnn(C)c1C(F)F.[HH].[HH].[HH]. The van der Waals surface area contributed by atoms with Crippen molar-refractivity contribution in [2.24, 2.45) is 7.05 Å². The summed E-state index contributed by atoms with van der Waals surface area (Å²) < 4.78 is 27.8. The number of nitrogens with zero attached hydrogens (tertiary/aromatic N) is 5. The largest absolute Gasteiger partial charge is 0.365 e. The number of aromatic nitrogens is 4. The highest BCUT2D eigenvalue weighted by Gasteiger charge is 2.23. The summed E-state index contributed by atoms with van der Waals surface area (Å²) in [5.41, 5.74) is 2.47. The van der Waals surface area contributed by atoms with Gasteiger partial charge in [-0.3, -0.25) is 24.2 Å². The number of carbonyl (C=O) groups excluding carboxylic acids is 2. The van der Waals surface area contributed by atoms with Crippen molar-refractivity contribution >= 4 is 35.1 Å². The predicted octanol–water partition coefficient (Wildman–Crippen LogP) is 5.12. The number of likely N-dealkylation sites (tertiary alicyclic amines) is 1. The van der Waals surface area contributed by atoms with Crippen LogP contribution in [0.1, 0.15) is 63.3 Å². The number of carbonyl (C=O) groups is 2. The molecule has 0 radical (unpaired) electrons. The van der Waals surface area contributed by atoms with Crippen LogP contribution >= 0.6 is 0 Å². The van der Waals surface area contributed by atoms with Gasteiger partial charge in [-0.05, 0) is 45.4 Å². The van der Waals surface area contributed by atoms with E-state index < -0.39 is 12.3 Å². The number of pyridine rings is 2. The van der Waals surface area contributed by atoms with Gasteiger partial charge in [0.2, 0.25) is 5.91 Å². The van der Waals surface area contributed by atoms with Gasteiger partial charge in [0.1, 0.15) is 11.5 Å². The van der Waals surface area contributed by atoms with Crippen LogP contribution in [-0.2, 0) is 18.4 Å². The van der Waals surface area contributed by atoms with Crippen LogP contribution in [0.2, 0.25) is 0 Å². The zero-order valence-electron chi connectivity index (χ0n) is 22.2. The third-order valence-corrected chi connectivity index (χ3v) is 6.77. The first-order chi connectivity index (χ1) is 18.7. The summed E-state index contributed by atoms with van der Waals surface area (Å²) in [7, 11) is 1.46. The average molecular weight is 545 g/mol. The Bertz CT molecular complexity index is 1390. The minimum atomic E-state index is -2.66. The first kappa shape index (κ1) is 27.8. The molecule has 3 aromatic heterocycles. The van der Waals surface area contributed by atoms with Gasteiger partial charge in [0.05, 0.1) is 41.6 Å². The van der Waals surface area contributed by atoms with E-state index in [0.29, 0.717) is 46.6 Å². The van der Waals surface area contributed by atoms with E-state index >= 15 is 0 Å². The molecule has 12 heteroatoms. The Hall–Kier alpha value is -4.19. The van der Waals surface area contributed by atoms with E-state index in [9.17, 15) is 18.4 Å². The molecule has 1 aliphatic rings. The monoisotopic (exact) mass is 544 g/mol. The maximum atomic E-state index is 13.3. The number of halogens is 2. The van der Waals surface area contributed by atoms with Crippen molar-refractivity contribution in [1.82, 2.24) is 24.6 Å². The van der Waals surface area contributed by atoms with E-state index in [4.69, 9.17) is 0 Å². The molecule has 3 aromatic rings. The highest BCUT2D eigenvalue weighted by atomic mass is 19.3. The molecular weight excluding hydrogens is 506 g/mol. The average Bonchev–Trinajstić information content (AvgIpc) is 3.48. The smallest absolute Gasteiger partial charge is 0.280 e. The Kier molecular flexibility index (Phi) is 8.65. The third-order valence-electron chi connectivity index (χ3n) is 6.77. The molecule has 1 fully saturated rings. The maximum absolute atomic E-state index is 13.3. The highest BCUT2D eigenvalue weighted by molar-refractivity contribution is 6.05. The Labute approximate surface area is 230 Å². The van der Waals surface area contributed by atoms with Crippen molar-refractivity contribution in [3.63, 3.8) is 0 Å². The fourth-order valence-corrected chi connectivity index (χ4v) is 4.53. The second-order valence-electron chi connectivity index (χ2n) is 9.52. The summed E-state index contributed by atoms with van der Waals surface area (Å²) in [6.07, 6.45) is 5.34. The van der Waals surface area contributed by atoms with E-state index in [2.05, 4.69) is 49.4 Å². The van der Waals surface area contributed by atoms with Gasteiger partial charge in [-0.15, -0.1) is 0 Å². The van der Waals surface area contributed by atoms with Gasteiger partial charge in [0.25, 0.3) is 12.3 Å². The van der Waals surface area contributed by atoms with Gasteiger partial charge in [0, 0.05) is 41.2 Å². The quantitative estimate of drug-likeness (QED) is 0.324. The lowest BCUT2D eigenvalue weighted by molar-refractivity contribution is -0.117. The van der Waals surface area contributed by atoms with E-state index in [0.717, 1.165) is 24.1 Å². The minimum absolute atomic E-state index is 0. The lowest BCUT2D eigenvalue weighted by atomic mass is 10.1. The second kappa shape index (κ2) is 12.1. The molecule has 2 amide bonds. The number of hydrogen-bond acceptors (Lipinski definition) is 7. The summed E-state index contributed by atoms with van der Waals surface area (Å²) in [5.74, 6) is -0.175. The molecule has 4 rings (SSSR count). The third kappa shape index (κ3) is 6.63. The van der Waals surface area contributed by atoms with Crippen LogP contribution < -0.4 is 16.0 Å². The molecule has 0 spiro atoms. The van der Waals surface area contributed by atoms with Crippen LogP contribution in [0.5, 0.6) is 0 Å². The summed E-state index contributed by atoms with van der Waals surface area (Å²) >= 11 is 0. The molecule has 4 heterocycles.